The van der Waals surface area contributed by atoms with E-state index in [1.165, 1.54) is 48.3 Å². The number of aryl methyl sites for hydroxylation is 1. The van der Waals surface area contributed by atoms with Crippen molar-refractivity contribution in [2.24, 2.45) is 0 Å². The summed E-state index contributed by atoms with van der Waals surface area (Å²) in [6, 6.07) is 42.1. The number of amides is 6. The van der Waals surface area contributed by atoms with E-state index in [9.17, 15) is 41.9 Å². The van der Waals surface area contributed by atoms with Crippen LogP contribution in [0.1, 0.15) is 137 Å². The first kappa shape index (κ1) is 52.3. The highest BCUT2D eigenvalue weighted by Crippen LogP contribution is 2.53. The predicted molar refractivity (Wildman–Crippen MR) is 291 cm³/mol. The fraction of sp³-hybridized carbons (Fsp3) is 0.169. The lowest BCUT2D eigenvalue weighted by Crippen LogP contribution is -2.44. The summed E-state index contributed by atoms with van der Waals surface area (Å²) in [5.41, 5.74) is -0.615. The molecule has 6 amide bonds. The van der Waals surface area contributed by atoms with Gasteiger partial charge in [-0.05, 0) is 130 Å². The molecule has 0 saturated carbocycles. The van der Waals surface area contributed by atoms with E-state index >= 15 is 13.2 Å². The zero-order chi connectivity index (χ0) is 57.2. The van der Waals surface area contributed by atoms with Gasteiger partial charge < -0.3 is 4.90 Å². The number of nitrogens with zero attached hydrogens (tertiary/aromatic N) is 4. The molecule has 8 aromatic rings. The van der Waals surface area contributed by atoms with Crippen LogP contribution in [0.3, 0.4) is 0 Å². The maximum absolute atomic E-state index is 16.2. The first-order chi connectivity index (χ1) is 38.4. The molecule has 4 aliphatic heterocycles. The van der Waals surface area contributed by atoms with E-state index in [2.05, 4.69) is 12.1 Å². The van der Waals surface area contributed by atoms with Gasteiger partial charge in [-0.25, -0.2) is 9.80 Å². The van der Waals surface area contributed by atoms with Crippen molar-refractivity contribution in [1.29, 1.82) is 0 Å². The maximum Gasteiger partial charge on any atom is 0.416 e. The SMILES string of the molecule is Cc1ccc(Cc2ccc(N3C(=O)c4ccc(C(C)(C)c5ccc6c(c5)CN(c5cc(N7C(=O)c8ccc(C(c9ccccc9)(c9ccc%10c(c9)C(=O)N(C)C%10=O)C(F)(F)F)cc8C7=O)cc(C(F)(F)F)c5)C6)cc4C3=O)cc2)cc1. The second kappa shape index (κ2) is 18.6. The summed E-state index contributed by atoms with van der Waals surface area (Å²) in [7, 11) is 1.21. The molecule has 0 N–H and O–H groups in total. The average molecular weight is 1090 g/mol. The molecule has 404 valence electrons. The van der Waals surface area contributed by atoms with Crippen LogP contribution in [0, 0.1) is 6.92 Å². The fourth-order valence-electron chi connectivity index (χ4n) is 11.8. The van der Waals surface area contributed by atoms with Crippen LogP contribution >= 0.6 is 0 Å². The first-order valence-corrected chi connectivity index (χ1v) is 25.9. The molecule has 1 atom stereocenters. The number of benzene rings is 8. The number of imide groups is 3. The van der Waals surface area contributed by atoms with Crippen LogP contribution in [0.15, 0.2) is 170 Å². The third-order valence-corrected chi connectivity index (χ3v) is 16.3. The molecular weight excluding hydrogens is 1050 g/mol. The molecule has 0 spiro atoms. The number of hydrogen-bond donors (Lipinski definition) is 0. The Morgan fingerprint density at radius 3 is 1.44 bits per heavy atom. The van der Waals surface area contributed by atoms with Crippen molar-refractivity contribution < 1.29 is 55.1 Å². The third-order valence-electron chi connectivity index (χ3n) is 16.3. The Hall–Kier alpha value is -9.44. The summed E-state index contributed by atoms with van der Waals surface area (Å²) in [5.74, 6) is -4.63. The molecule has 4 aliphatic rings. The van der Waals surface area contributed by atoms with E-state index in [0.29, 0.717) is 23.1 Å². The Labute approximate surface area is 460 Å². The van der Waals surface area contributed by atoms with Crippen LogP contribution in [0.25, 0.3) is 0 Å². The van der Waals surface area contributed by atoms with Gasteiger partial charge in [0.05, 0.1) is 50.3 Å². The number of alkyl halides is 6. The molecule has 0 aromatic heterocycles. The standard InChI is InChI=1S/C65H46F6N4O6/c1-36-10-12-37(13-11-36)26-38-14-21-47(22-15-38)74-58(78)51-23-18-43(30-54(51)60(74)80)62(2,3)42-17-16-39-34-73(35-40(39)27-42)48-28-46(64(66,67)68)29-49(33-48)75-59(79)52-25-20-45(32-55(52)61(75)81)63(65(69,70)71,41-8-6-5-7-9-41)44-19-24-50-53(31-44)57(77)72(4)56(50)76/h5-25,27-33H,26,34-35H2,1-4H3. The molecule has 8 aromatic carbocycles. The number of carbonyl (C=O) groups is 6. The van der Waals surface area contributed by atoms with Gasteiger partial charge in [0.15, 0.2) is 0 Å². The van der Waals surface area contributed by atoms with Gasteiger partial charge in [-0.1, -0.05) is 123 Å². The van der Waals surface area contributed by atoms with E-state index < -0.39 is 86.6 Å². The zero-order valence-electron chi connectivity index (χ0n) is 43.8. The molecule has 0 saturated heterocycles. The second-order valence-electron chi connectivity index (χ2n) is 21.5. The summed E-state index contributed by atoms with van der Waals surface area (Å²) < 4.78 is 93.4. The topological polar surface area (TPSA) is 115 Å². The number of rotatable bonds is 10. The first-order valence-electron chi connectivity index (χ1n) is 25.9. The minimum atomic E-state index is -5.19. The van der Waals surface area contributed by atoms with Crippen molar-refractivity contribution in [3.63, 3.8) is 0 Å². The molecule has 1 unspecified atom stereocenters. The van der Waals surface area contributed by atoms with Crippen molar-refractivity contribution in [2.45, 2.75) is 63.5 Å². The second-order valence-corrected chi connectivity index (χ2v) is 21.5. The van der Waals surface area contributed by atoms with Gasteiger partial charge in [0, 0.05) is 31.2 Å². The largest absolute Gasteiger partial charge is 0.416 e. The van der Waals surface area contributed by atoms with Gasteiger partial charge in [0.2, 0.25) is 0 Å². The van der Waals surface area contributed by atoms with Crippen LogP contribution in [0.4, 0.5) is 43.4 Å². The number of anilines is 3. The normalized spacial score (nSPS) is 15.9. The number of hydrogen-bond acceptors (Lipinski definition) is 7. The third kappa shape index (κ3) is 8.33. The van der Waals surface area contributed by atoms with Gasteiger partial charge in [0.25, 0.3) is 35.4 Å². The van der Waals surface area contributed by atoms with Crippen LogP contribution in [0.5, 0.6) is 0 Å². The quantitative estimate of drug-likeness (QED) is 0.0761. The van der Waals surface area contributed by atoms with Crippen molar-refractivity contribution >= 4 is 52.5 Å². The van der Waals surface area contributed by atoms with E-state index in [1.54, 1.807) is 35.2 Å². The number of carbonyl (C=O) groups excluding carboxylic acids is 6. The van der Waals surface area contributed by atoms with Gasteiger partial charge in [-0.15, -0.1) is 0 Å². The lowest BCUT2D eigenvalue weighted by Gasteiger charge is -2.38. The van der Waals surface area contributed by atoms with Crippen molar-refractivity contribution in [3.8, 4) is 0 Å². The summed E-state index contributed by atoms with van der Waals surface area (Å²) in [4.78, 5) is 86.7. The molecule has 16 heteroatoms. The Kier molecular flexibility index (Phi) is 12.0. The lowest BCUT2D eigenvalue weighted by atomic mass is 9.68. The smallest absolute Gasteiger partial charge is 0.363 e. The summed E-state index contributed by atoms with van der Waals surface area (Å²) in [6.45, 7) is 6.19. The van der Waals surface area contributed by atoms with Crippen molar-refractivity contribution in [1.82, 2.24) is 4.90 Å². The van der Waals surface area contributed by atoms with Crippen molar-refractivity contribution in [2.75, 3.05) is 21.7 Å². The molecule has 0 bridgehead atoms. The Bertz CT molecular complexity index is 4040. The Morgan fingerprint density at radius 1 is 0.407 bits per heavy atom. The Morgan fingerprint density at radius 2 is 0.864 bits per heavy atom. The molecule has 0 radical (unpaired) electrons. The number of halogens is 6. The van der Waals surface area contributed by atoms with Gasteiger partial charge in [-0.3, -0.25) is 33.7 Å². The number of fused-ring (bicyclic) bond motifs is 4. The summed E-state index contributed by atoms with van der Waals surface area (Å²) in [5, 5.41) is 0. The highest BCUT2D eigenvalue weighted by molar-refractivity contribution is 6.35. The fourth-order valence-corrected chi connectivity index (χ4v) is 11.8. The minimum absolute atomic E-state index is 0.0109. The van der Waals surface area contributed by atoms with E-state index in [-0.39, 0.29) is 52.2 Å². The minimum Gasteiger partial charge on any atom is -0.363 e. The lowest BCUT2D eigenvalue weighted by molar-refractivity contribution is -0.166. The molecule has 0 aliphatic carbocycles. The van der Waals surface area contributed by atoms with Gasteiger partial charge >= 0.3 is 12.4 Å². The highest BCUT2D eigenvalue weighted by atomic mass is 19.4. The molecule has 10 nitrogen and oxygen atoms in total. The van der Waals surface area contributed by atoms with Crippen LogP contribution < -0.4 is 14.7 Å². The molecule has 81 heavy (non-hydrogen) atoms. The zero-order valence-corrected chi connectivity index (χ0v) is 43.8. The maximum atomic E-state index is 16.2. The van der Waals surface area contributed by atoms with Crippen LogP contribution in [0.2, 0.25) is 0 Å². The molecule has 0 fully saturated rings. The molecule has 12 rings (SSSR count). The van der Waals surface area contributed by atoms with E-state index in [0.717, 1.165) is 86.3 Å². The van der Waals surface area contributed by atoms with Crippen LogP contribution in [-0.2, 0) is 36.5 Å². The van der Waals surface area contributed by atoms with E-state index in [1.807, 2.05) is 63.2 Å². The molecule has 4 heterocycles. The molecular formula is C65H46F6N4O6. The Balaban J connectivity index is 0.826. The van der Waals surface area contributed by atoms with Gasteiger partial charge in [0.1, 0.15) is 5.41 Å². The highest BCUT2D eigenvalue weighted by Gasteiger charge is 2.59. The monoisotopic (exact) mass is 1090 g/mol. The van der Waals surface area contributed by atoms with Gasteiger partial charge in [-0.2, -0.15) is 26.3 Å². The van der Waals surface area contributed by atoms with Crippen molar-refractivity contribution in [3.05, 3.63) is 264 Å². The summed E-state index contributed by atoms with van der Waals surface area (Å²) in [6.07, 6.45) is -9.48. The van der Waals surface area contributed by atoms with E-state index in [4.69, 9.17) is 0 Å². The summed E-state index contributed by atoms with van der Waals surface area (Å²) >= 11 is 0. The van der Waals surface area contributed by atoms with Crippen LogP contribution in [-0.4, -0.2) is 53.6 Å². The predicted octanol–water partition coefficient (Wildman–Crippen LogP) is 13.2. The average Bonchev–Trinajstić information content (AvgIpc) is 4.18.